The van der Waals surface area contributed by atoms with E-state index in [2.05, 4.69) is 42.9 Å². The molecule has 6 heteroatoms. The lowest BCUT2D eigenvalue weighted by molar-refractivity contribution is -0.384. The monoisotopic (exact) mass is 423 g/mol. The molecule has 158 valence electrons. The lowest BCUT2D eigenvalue weighted by Gasteiger charge is -2.17. The van der Waals surface area contributed by atoms with E-state index < -0.39 is 0 Å². The second kappa shape index (κ2) is 10.3. The minimum Gasteiger partial charge on any atom is -0.316 e. The van der Waals surface area contributed by atoms with Gasteiger partial charge in [0.25, 0.3) is 5.69 Å². The third-order valence-electron chi connectivity index (χ3n) is 5.41. The van der Waals surface area contributed by atoms with E-state index in [1.54, 1.807) is 23.5 Å². The van der Waals surface area contributed by atoms with Gasteiger partial charge in [-0.15, -0.1) is 11.3 Å². The van der Waals surface area contributed by atoms with Crippen molar-refractivity contribution in [1.82, 2.24) is 4.57 Å². The van der Waals surface area contributed by atoms with Crippen molar-refractivity contribution < 1.29 is 4.92 Å². The van der Waals surface area contributed by atoms with Crippen LogP contribution in [-0.4, -0.2) is 9.49 Å². The molecule has 0 saturated heterocycles. The number of thiazole rings is 1. The predicted molar refractivity (Wildman–Crippen MR) is 124 cm³/mol. The number of hydrogen-bond donors (Lipinski definition) is 0. The van der Waals surface area contributed by atoms with Gasteiger partial charge in [-0.3, -0.25) is 10.1 Å². The zero-order valence-electron chi connectivity index (χ0n) is 17.9. The van der Waals surface area contributed by atoms with E-state index >= 15 is 0 Å². The fourth-order valence-electron chi connectivity index (χ4n) is 3.48. The minimum atomic E-state index is -0.360. The summed E-state index contributed by atoms with van der Waals surface area (Å²) < 4.78 is 2.29. The number of aryl methyl sites for hydroxylation is 1. The average molecular weight is 424 g/mol. The van der Waals surface area contributed by atoms with Gasteiger partial charge in [0.15, 0.2) is 4.80 Å². The molecule has 1 atom stereocenters. The highest BCUT2D eigenvalue weighted by molar-refractivity contribution is 7.07. The quantitative estimate of drug-likeness (QED) is 0.278. The highest BCUT2D eigenvalue weighted by Gasteiger charge is 2.14. The first kappa shape index (κ1) is 22.0. The Morgan fingerprint density at radius 1 is 1.10 bits per heavy atom. The second-order valence-electron chi connectivity index (χ2n) is 7.68. The molecule has 0 aliphatic rings. The molecule has 1 aromatic heterocycles. The second-order valence-corrected chi connectivity index (χ2v) is 8.52. The summed E-state index contributed by atoms with van der Waals surface area (Å²) in [4.78, 5) is 16.5. The smallest absolute Gasteiger partial charge is 0.269 e. The average Bonchev–Trinajstić information content (AvgIpc) is 3.14. The van der Waals surface area contributed by atoms with Crippen LogP contribution in [-0.2, 0) is 6.54 Å². The first-order chi connectivity index (χ1) is 14.5. The Hall–Kier alpha value is -2.73. The Bertz CT molecular complexity index is 1030. The van der Waals surface area contributed by atoms with Gasteiger partial charge >= 0.3 is 0 Å². The summed E-state index contributed by atoms with van der Waals surface area (Å²) in [5, 5.41) is 13.1. The minimum absolute atomic E-state index is 0.111. The maximum Gasteiger partial charge on any atom is 0.269 e. The van der Waals surface area contributed by atoms with E-state index in [0.29, 0.717) is 5.92 Å². The Morgan fingerprint density at radius 2 is 1.80 bits per heavy atom. The van der Waals surface area contributed by atoms with Crippen molar-refractivity contribution in [1.29, 1.82) is 0 Å². The van der Waals surface area contributed by atoms with Crippen LogP contribution in [0.1, 0.15) is 45.1 Å². The summed E-state index contributed by atoms with van der Waals surface area (Å²) in [7, 11) is 0. The first-order valence-corrected chi connectivity index (χ1v) is 11.4. The van der Waals surface area contributed by atoms with Gasteiger partial charge < -0.3 is 4.57 Å². The highest BCUT2D eigenvalue weighted by atomic mass is 32.1. The number of hydrogen-bond acceptors (Lipinski definition) is 4. The van der Waals surface area contributed by atoms with Crippen LogP contribution in [0.3, 0.4) is 0 Å². The molecule has 30 heavy (non-hydrogen) atoms. The van der Waals surface area contributed by atoms with Gasteiger partial charge in [0.2, 0.25) is 0 Å². The van der Waals surface area contributed by atoms with Crippen LogP contribution < -0.4 is 4.80 Å². The molecule has 0 saturated carbocycles. The number of rotatable bonds is 9. The van der Waals surface area contributed by atoms with Gasteiger partial charge in [-0.2, -0.15) is 0 Å². The number of benzene rings is 2. The van der Waals surface area contributed by atoms with Crippen LogP contribution in [0.5, 0.6) is 0 Å². The maximum atomic E-state index is 11.0. The van der Waals surface area contributed by atoms with Gasteiger partial charge in [0, 0.05) is 24.1 Å². The van der Waals surface area contributed by atoms with Gasteiger partial charge in [-0.1, -0.05) is 50.8 Å². The van der Waals surface area contributed by atoms with E-state index in [9.17, 15) is 10.1 Å². The topological polar surface area (TPSA) is 60.4 Å². The molecule has 0 amide bonds. The third-order valence-corrected chi connectivity index (χ3v) is 6.28. The Kier molecular flexibility index (Phi) is 7.57. The molecule has 2 aromatic carbocycles. The number of nitro groups is 1. The van der Waals surface area contributed by atoms with Gasteiger partial charge in [-0.05, 0) is 49.1 Å². The van der Waals surface area contributed by atoms with Crippen molar-refractivity contribution in [3.05, 3.63) is 74.4 Å². The standard InChI is InChI=1S/C24H29N3O2S/c1-4-6-7-19(5-2)16-26-23(20-10-14-22(15-11-20)27(28)29)17-30-24(26)25-21-12-8-18(3)9-13-21/h8-15,17,19H,4-7,16H2,1-3H3. The zero-order valence-corrected chi connectivity index (χ0v) is 18.7. The van der Waals surface area contributed by atoms with Gasteiger partial charge in [0.1, 0.15) is 0 Å². The molecule has 1 heterocycles. The number of aromatic nitrogens is 1. The summed E-state index contributed by atoms with van der Waals surface area (Å²) in [6.45, 7) is 7.44. The van der Waals surface area contributed by atoms with Crippen molar-refractivity contribution in [3.63, 3.8) is 0 Å². The summed E-state index contributed by atoms with van der Waals surface area (Å²) >= 11 is 1.62. The molecular formula is C24H29N3O2S. The lowest BCUT2D eigenvalue weighted by Crippen LogP contribution is -2.21. The molecule has 0 radical (unpaired) electrons. The van der Waals surface area contributed by atoms with Crippen molar-refractivity contribution in [2.75, 3.05) is 0 Å². The van der Waals surface area contributed by atoms with Crippen LogP contribution in [0.25, 0.3) is 11.3 Å². The van der Waals surface area contributed by atoms with E-state index in [-0.39, 0.29) is 10.6 Å². The van der Waals surface area contributed by atoms with Crippen LogP contribution in [0, 0.1) is 23.0 Å². The largest absolute Gasteiger partial charge is 0.316 e. The van der Waals surface area contributed by atoms with Crippen LogP contribution >= 0.6 is 11.3 Å². The predicted octanol–water partition coefficient (Wildman–Crippen LogP) is 6.88. The van der Waals surface area contributed by atoms with Crippen LogP contribution in [0.15, 0.2) is 58.9 Å². The molecule has 0 N–H and O–H groups in total. The molecule has 0 aliphatic heterocycles. The Morgan fingerprint density at radius 3 is 2.40 bits per heavy atom. The molecule has 1 unspecified atom stereocenters. The van der Waals surface area contributed by atoms with Crippen molar-refractivity contribution in [3.8, 4) is 11.3 Å². The molecule has 0 fully saturated rings. The van der Waals surface area contributed by atoms with Crippen LogP contribution in [0.2, 0.25) is 0 Å². The summed E-state index contributed by atoms with van der Waals surface area (Å²) in [6, 6.07) is 15.0. The molecule has 0 spiro atoms. The maximum absolute atomic E-state index is 11.0. The highest BCUT2D eigenvalue weighted by Crippen LogP contribution is 2.26. The SMILES string of the molecule is CCCCC(CC)Cn1c(-c2ccc([N+](=O)[O-])cc2)csc1=Nc1ccc(C)cc1. The van der Waals surface area contributed by atoms with Gasteiger partial charge in [-0.25, -0.2) is 4.99 Å². The van der Waals surface area contributed by atoms with Crippen LogP contribution in [0.4, 0.5) is 11.4 Å². The van der Waals surface area contributed by atoms with Crippen molar-refractivity contribution in [2.45, 2.75) is 53.0 Å². The third kappa shape index (κ3) is 5.45. The number of nitro benzene ring substituents is 1. The Balaban J connectivity index is 2.04. The Labute approximate surface area is 181 Å². The molecule has 0 aliphatic carbocycles. The van der Waals surface area contributed by atoms with E-state index in [1.807, 2.05) is 24.3 Å². The number of unbranched alkanes of at least 4 members (excludes halogenated alkanes) is 1. The normalized spacial score (nSPS) is 12.8. The van der Waals surface area contributed by atoms with E-state index in [1.165, 1.54) is 24.8 Å². The van der Waals surface area contributed by atoms with Crippen molar-refractivity contribution in [2.24, 2.45) is 10.9 Å². The summed E-state index contributed by atoms with van der Waals surface area (Å²) in [5.41, 5.74) is 4.31. The number of non-ortho nitro benzene ring substituents is 1. The number of nitrogens with zero attached hydrogens (tertiary/aromatic N) is 3. The molecule has 3 aromatic rings. The summed E-state index contributed by atoms with van der Waals surface area (Å²) in [6.07, 6.45) is 4.73. The first-order valence-electron chi connectivity index (χ1n) is 10.6. The molecule has 0 bridgehead atoms. The summed E-state index contributed by atoms with van der Waals surface area (Å²) in [5.74, 6) is 0.577. The zero-order chi connectivity index (χ0) is 21.5. The van der Waals surface area contributed by atoms with Crippen molar-refractivity contribution >= 4 is 22.7 Å². The van der Waals surface area contributed by atoms with Gasteiger partial charge in [0.05, 0.1) is 16.3 Å². The molecule has 5 nitrogen and oxygen atoms in total. The van der Waals surface area contributed by atoms with E-state index in [4.69, 9.17) is 4.99 Å². The van der Waals surface area contributed by atoms with E-state index in [0.717, 1.165) is 34.7 Å². The molecule has 3 rings (SSSR count). The lowest BCUT2D eigenvalue weighted by atomic mass is 9.99. The fourth-order valence-corrected chi connectivity index (χ4v) is 4.42. The molecular weight excluding hydrogens is 394 g/mol. The fraction of sp³-hybridized carbons (Fsp3) is 0.375.